The number of rotatable bonds is 2. The van der Waals surface area contributed by atoms with Crippen molar-refractivity contribution < 1.29 is 0 Å². The number of aromatic nitrogens is 2. The van der Waals surface area contributed by atoms with E-state index in [9.17, 15) is 0 Å². The Hall–Kier alpha value is -1.65. The minimum Gasteiger partial charge on any atom is -0.382 e. The highest BCUT2D eigenvalue weighted by atomic mass is 15.2. The first kappa shape index (κ1) is 11.8. The summed E-state index contributed by atoms with van der Waals surface area (Å²) < 4.78 is 0. The summed E-state index contributed by atoms with van der Waals surface area (Å²) in [5, 5.41) is 7.27. The number of nitrogens with zero attached hydrogens (tertiary/aromatic N) is 3. The molecule has 1 aliphatic rings. The summed E-state index contributed by atoms with van der Waals surface area (Å²) in [5.41, 5.74) is 5.79. The predicted molar refractivity (Wildman–Crippen MR) is 68.2 cm³/mol. The SMILES string of the molecule is CC1CCN(c2cnc(C(=N)N)cn2)CC1C. The molecule has 1 aromatic heterocycles. The highest BCUT2D eigenvalue weighted by Crippen LogP contribution is 2.25. The van der Waals surface area contributed by atoms with Crippen LogP contribution in [-0.2, 0) is 0 Å². The lowest BCUT2D eigenvalue weighted by Crippen LogP contribution is -2.39. The topological polar surface area (TPSA) is 78.9 Å². The van der Waals surface area contributed by atoms with Crippen molar-refractivity contribution in [2.75, 3.05) is 18.0 Å². The molecule has 0 radical (unpaired) electrons. The van der Waals surface area contributed by atoms with Crippen molar-refractivity contribution in [1.29, 1.82) is 5.41 Å². The Morgan fingerprint density at radius 3 is 2.65 bits per heavy atom. The van der Waals surface area contributed by atoms with Crippen LogP contribution >= 0.6 is 0 Å². The van der Waals surface area contributed by atoms with Gasteiger partial charge in [0.15, 0.2) is 0 Å². The van der Waals surface area contributed by atoms with Crippen LogP contribution in [0.25, 0.3) is 0 Å². The maximum atomic E-state index is 7.27. The van der Waals surface area contributed by atoms with Crippen LogP contribution in [0.5, 0.6) is 0 Å². The van der Waals surface area contributed by atoms with E-state index in [4.69, 9.17) is 11.1 Å². The molecule has 3 N–H and O–H groups in total. The fourth-order valence-corrected chi connectivity index (χ4v) is 2.09. The third-order valence-corrected chi connectivity index (χ3v) is 3.57. The lowest BCUT2D eigenvalue weighted by molar-refractivity contribution is 0.322. The highest BCUT2D eigenvalue weighted by Gasteiger charge is 2.23. The Morgan fingerprint density at radius 1 is 1.35 bits per heavy atom. The van der Waals surface area contributed by atoms with Gasteiger partial charge in [0.2, 0.25) is 0 Å². The first-order valence-corrected chi connectivity index (χ1v) is 5.99. The lowest BCUT2D eigenvalue weighted by atomic mass is 9.89. The molecule has 1 saturated heterocycles. The minimum atomic E-state index is -0.0373. The van der Waals surface area contributed by atoms with E-state index in [0.717, 1.165) is 24.8 Å². The number of amidine groups is 1. The minimum absolute atomic E-state index is 0.0373. The van der Waals surface area contributed by atoms with Gasteiger partial charge in [-0.05, 0) is 18.3 Å². The van der Waals surface area contributed by atoms with E-state index in [1.165, 1.54) is 6.42 Å². The summed E-state index contributed by atoms with van der Waals surface area (Å²) in [5.74, 6) is 2.30. The van der Waals surface area contributed by atoms with Gasteiger partial charge < -0.3 is 10.6 Å². The standard InChI is InChI=1S/C12H19N5/c1-8-3-4-17(7-9(8)2)11-6-15-10(5-16-11)12(13)14/h5-6,8-9H,3-4,7H2,1-2H3,(H3,13,14). The Balaban J connectivity index is 2.10. The second kappa shape index (κ2) is 4.69. The van der Waals surface area contributed by atoms with E-state index in [1.807, 2.05) is 0 Å². The average molecular weight is 233 g/mol. The summed E-state index contributed by atoms with van der Waals surface area (Å²) in [6.07, 6.45) is 4.47. The van der Waals surface area contributed by atoms with Crippen LogP contribution in [0.2, 0.25) is 0 Å². The van der Waals surface area contributed by atoms with Crippen molar-refractivity contribution in [3.05, 3.63) is 18.1 Å². The molecule has 5 heteroatoms. The molecule has 0 aromatic carbocycles. The average Bonchev–Trinajstić information content (AvgIpc) is 2.33. The van der Waals surface area contributed by atoms with Crippen molar-refractivity contribution >= 4 is 11.7 Å². The smallest absolute Gasteiger partial charge is 0.147 e. The second-order valence-corrected chi connectivity index (χ2v) is 4.86. The summed E-state index contributed by atoms with van der Waals surface area (Å²) in [6, 6.07) is 0. The van der Waals surface area contributed by atoms with E-state index in [-0.39, 0.29) is 5.84 Å². The van der Waals surface area contributed by atoms with Crippen molar-refractivity contribution in [2.24, 2.45) is 17.6 Å². The lowest BCUT2D eigenvalue weighted by Gasteiger charge is -2.35. The van der Waals surface area contributed by atoms with Crippen LogP contribution in [-0.4, -0.2) is 28.9 Å². The van der Waals surface area contributed by atoms with E-state index in [0.29, 0.717) is 11.6 Å². The third-order valence-electron chi connectivity index (χ3n) is 3.57. The zero-order valence-corrected chi connectivity index (χ0v) is 10.3. The molecule has 1 fully saturated rings. The maximum Gasteiger partial charge on any atom is 0.147 e. The quantitative estimate of drug-likeness (QED) is 0.595. The monoisotopic (exact) mass is 233 g/mol. The summed E-state index contributed by atoms with van der Waals surface area (Å²) in [7, 11) is 0. The van der Waals surface area contributed by atoms with Crippen LogP contribution in [0, 0.1) is 17.2 Å². The molecule has 2 heterocycles. The molecule has 5 nitrogen and oxygen atoms in total. The van der Waals surface area contributed by atoms with Crippen LogP contribution in [0.4, 0.5) is 5.82 Å². The highest BCUT2D eigenvalue weighted by molar-refractivity contribution is 5.92. The van der Waals surface area contributed by atoms with Gasteiger partial charge in [0, 0.05) is 13.1 Å². The summed E-state index contributed by atoms with van der Waals surface area (Å²) in [4.78, 5) is 10.7. The molecular weight excluding hydrogens is 214 g/mol. The molecule has 0 spiro atoms. The first-order valence-electron chi connectivity index (χ1n) is 5.99. The Bertz CT molecular complexity index is 400. The van der Waals surface area contributed by atoms with Gasteiger partial charge in [0.05, 0.1) is 12.4 Å². The van der Waals surface area contributed by atoms with Gasteiger partial charge in [0.25, 0.3) is 0 Å². The Kier molecular flexibility index (Phi) is 3.26. The van der Waals surface area contributed by atoms with Gasteiger partial charge in [0.1, 0.15) is 17.3 Å². The molecule has 0 aliphatic carbocycles. The van der Waals surface area contributed by atoms with E-state index in [1.54, 1.807) is 12.4 Å². The fourth-order valence-electron chi connectivity index (χ4n) is 2.09. The molecular formula is C12H19N5. The molecule has 2 unspecified atom stereocenters. The van der Waals surface area contributed by atoms with Gasteiger partial charge in [-0.15, -0.1) is 0 Å². The second-order valence-electron chi connectivity index (χ2n) is 4.86. The maximum absolute atomic E-state index is 7.27. The number of hydrogen-bond acceptors (Lipinski definition) is 4. The number of hydrogen-bond donors (Lipinski definition) is 2. The molecule has 17 heavy (non-hydrogen) atoms. The molecule has 2 rings (SSSR count). The zero-order valence-electron chi connectivity index (χ0n) is 10.3. The number of anilines is 1. The molecule has 92 valence electrons. The molecule has 1 aliphatic heterocycles. The molecule has 2 atom stereocenters. The normalized spacial score (nSPS) is 24.7. The third kappa shape index (κ3) is 2.54. The summed E-state index contributed by atoms with van der Waals surface area (Å²) in [6.45, 7) is 6.62. The van der Waals surface area contributed by atoms with Crippen molar-refractivity contribution in [1.82, 2.24) is 9.97 Å². The number of nitrogens with two attached hydrogens (primary N) is 1. The van der Waals surface area contributed by atoms with Crippen LogP contribution < -0.4 is 10.6 Å². The Morgan fingerprint density at radius 2 is 2.12 bits per heavy atom. The van der Waals surface area contributed by atoms with Crippen molar-refractivity contribution in [3.8, 4) is 0 Å². The largest absolute Gasteiger partial charge is 0.382 e. The molecule has 0 amide bonds. The fraction of sp³-hybridized carbons (Fsp3) is 0.583. The predicted octanol–water partition coefficient (Wildman–Crippen LogP) is 1.24. The Labute approximate surface area is 102 Å². The van der Waals surface area contributed by atoms with E-state index >= 15 is 0 Å². The van der Waals surface area contributed by atoms with Crippen LogP contribution in [0.15, 0.2) is 12.4 Å². The van der Waals surface area contributed by atoms with Gasteiger partial charge in [-0.1, -0.05) is 13.8 Å². The van der Waals surface area contributed by atoms with Crippen molar-refractivity contribution in [2.45, 2.75) is 20.3 Å². The number of nitrogens with one attached hydrogen (secondary N) is 1. The van der Waals surface area contributed by atoms with Gasteiger partial charge in [-0.3, -0.25) is 5.41 Å². The molecule has 0 bridgehead atoms. The first-order chi connectivity index (χ1) is 8.08. The van der Waals surface area contributed by atoms with E-state index in [2.05, 4.69) is 28.7 Å². The van der Waals surface area contributed by atoms with Crippen LogP contribution in [0.1, 0.15) is 26.0 Å². The van der Waals surface area contributed by atoms with Gasteiger partial charge >= 0.3 is 0 Å². The molecule has 1 aromatic rings. The molecule has 0 saturated carbocycles. The van der Waals surface area contributed by atoms with Crippen molar-refractivity contribution in [3.63, 3.8) is 0 Å². The number of nitrogen functional groups attached to an aromatic ring is 1. The van der Waals surface area contributed by atoms with Crippen LogP contribution in [0.3, 0.4) is 0 Å². The van der Waals surface area contributed by atoms with Gasteiger partial charge in [-0.2, -0.15) is 0 Å². The summed E-state index contributed by atoms with van der Waals surface area (Å²) >= 11 is 0. The zero-order chi connectivity index (χ0) is 12.4. The van der Waals surface area contributed by atoms with E-state index < -0.39 is 0 Å². The number of piperidine rings is 1. The van der Waals surface area contributed by atoms with Gasteiger partial charge in [-0.25, -0.2) is 9.97 Å².